The molecule has 0 aliphatic heterocycles. The van der Waals surface area contributed by atoms with Crippen molar-refractivity contribution in [3.63, 3.8) is 0 Å². The third-order valence-electron chi connectivity index (χ3n) is 6.35. The Labute approximate surface area is 224 Å². The Kier molecular flexibility index (Phi) is 8.98. The highest BCUT2D eigenvalue weighted by atomic mass is 16.3. The molecule has 0 unspecified atom stereocenters. The van der Waals surface area contributed by atoms with Crippen molar-refractivity contribution in [3.05, 3.63) is 90.4 Å². The quantitative estimate of drug-likeness (QED) is 0.146. The van der Waals surface area contributed by atoms with Crippen molar-refractivity contribution in [2.75, 3.05) is 29.0 Å². The average Bonchev–Trinajstić information content (AvgIpc) is 3.35. The van der Waals surface area contributed by atoms with E-state index >= 15 is 0 Å². The second-order valence-corrected chi connectivity index (χ2v) is 9.48. The average molecular weight is 514 g/mol. The van der Waals surface area contributed by atoms with Crippen LogP contribution in [-0.2, 0) is 18.4 Å². The lowest BCUT2D eigenvalue weighted by Gasteiger charge is -2.18. The van der Waals surface area contributed by atoms with E-state index in [2.05, 4.69) is 45.0 Å². The molecule has 3 aromatic rings. The summed E-state index contributed by atoms with van der Waals surface area (Å²) in [7, 11) is 2.02. The van der Waals surface area contributed by atoms with Gasteiger partial charge in [-0.25, -0.2) is 14.1 Å². The molecule has 0 fully saturated rings. The number of carbonyl (C=O) groups excluding carboxylic acids is 1. The second kappa shape index (κ2) is 12.8. The molecule has 0 saturated heterocycles. The van der Waals surface area contributed by atoms with Gasteiger partial charge in [0.2, 0.25) is 12.1 Å². The molecule has 198 valence electrons. The van der Waals surface area contributed by atoms with Gasteiger partial charge >= 0.3 is 0 Å². The minimum atomic E-state index is -0.286. The van der Waals surface area contributed by atoms with Crippen molar-refractivity contribution >= 4 is 34.2 Å². The number of aromatic nitrogens is 2. The maximum atomic E-state index is 12.8. The van der Waals surface area contributed by atoms with Crippen LogP contribution in [0.2, 0.25) is 0 Å². The zero-order chi connectivity index (χ0) is 26.9. The number of nitrogens with one attached hydrogen (secondary N) is 3. The fourth-order valence-corrected chi connectivity index (χ4v) is 4.11. The van der Waals surface area contributed by atoms with E-state index in [0.717, 1.165) is 56.0 Å². The lowest BCUT2D eigenvalue weighted by Crippen LogP contribution is -2.23. The van der Waals surface area contributed by atoms with E-state index in [-0.39, 0.29) is 22.8 Å². The van der Waals surface area contributed by atoms with Crippen molar-refractivity contribution < 1.29 is 14.5 Å². The highest BCUT2D eigenvalue weighted by molar-refractivity contribution is 6.51. The number of nitrogens with zero attached hydrogens (tertiary/aromatic N) is 3. The number of hydrogen-bond acceptors (Lipinski definition) is 6. The Morgan fingerprint density at radius 3 is 2.21 bits per heavy atom. The highest BCUT2D eigenvalue weighted by Crippen LogP contribution is 2.25. The molecule has 8 nitrogen and oxygen atoms in total. The SMILES string of the molecule is CCCCNc1ccc(N=C2C=C(Nc3ccc(NCCCn4cc[n+](C)c4)cc3)C(O)=C(C)C2=O)cc1. The van der Waals surface area contributed by atoms with Crippen LogP contribution in [0.25, 0.3) is 0 Å². The molecule has 0 amide bonds. The third kappa shape index (κ3) is 7.12. The summed E-state index contributed by atoms with van der Waals surface area (Å²) in [4.78, 5) is 17.4. The van der Waals surface area contributed by atoms with Gasteiger partial charge in [0, 0.05) is 42.1 Å². The summed E-state index contributed by atoms with van der Waals surface area (Å²) in [6.45, 7) is 6.51. The molecule has 0 bridgehead atoms. The number of ketones is 1. The van der Waals surface area contributed by atoms with Crippen molar-refractivity contribution in [2.24, 2.45) is 12.0 Å². The summed E-state index contributed by atoms with van der Waals surface area (Å²) < 4.78 is 4.20. The van der Waals surface area contributed by atoms with Crippen molar-refractivity contribution in [1.82, 2.24) is 4.57 Å². The van der Waals surface area contributed by atoms with Crippen LogP contribution in [-0.4, -0.2) is 34.3 Å². The first-order chi connectivity index (χ1) is 18.4. The van der Waals surface area contributed by atoms with Gasteiger partial charge in [0.05, 0.1) is 25.0 Å². The number of carbonyl (C=O) groups is 1. The molecule has 1 aliphatic carbocycles. The van der Waals surface area contributed by atoms with Gasteiger partial charge in [-0.15, -0.1) is 0 Å². The maximum Gasteiger partial charge on any atom is 0.243 e. The Bertz CT molecular complexity index is 1330. The van der Waals surface area contributed by atoms with Crippen LogP contribution in [0.5, 0.6) is 0 Å². The number of unbranched alkanes of at least 4 members (excludes halogenated alkanes) is 1. The summed E-state index contributed by atoms with van der Waals surface area (Å²) in [5.41, 5.74) is 4.52. The number of aliphatic imine (C=N–C) groups is 1. The lowest BCUT2D eigenvalue weighted by atomic mass is 9.99. The molecule has 1 aliphatic rings. The largest absolute Gasteiger partial charge is 0.505 e. The molecule has 0 saturated carbocycles. The number of allylic oxidation sites excluding steroid dienone is 2. The molecule has 0 spiro atoms. The molecule has 8 heteroatoms. The number of imidazole rings is 1. The lowest BCUT2D eigenvalue weighted by molar-refractivity contribution is -0.671. The summed E-state index contributed by atoms with van der Waals surface area (Å²) in [6, 6.07) is 15.5. The van der Waals surface area contributed by atoms with Crippen LogP contribution in [0.15, 0.2) is 95.3 Å². The monoisotopic (exact) mass is 513 g/mol. The third-order valence-corrected chi connectivity index (χ3v) is 6.35. The molecule has 38 heavy (non-hydrogen) atoms. The van der Waals surface area contributed by atoms with Gasteiger partial charge in [0.25, 0.3) is 0 Å². The zero-order valence-corrected chi connectivity index (χ0v) is 22.4. The standard InChI is InChI=1S/C30H36N6O2/c1-4-5-15-31-23-7-11-25(12-8-23)33-27-20-28(30(38)22(2)29(27)37)34-26-13-9-24(10-14-26)32-16-6-17-36-19-18-35(3)21-36/h7-14,18-21H,4-6,15-17H2,1-3H3,(H3-,31,32,33,34,37,38)/p+1. The van der Waals surface area contributed by atoms with E-state index in [1.807, 2.05) is 66.3 Å². The number of benzene rings is 2. The molecule has 4 rings (SSSR count). The first-order valence-electron chi connectivity index (χ1n) is 13.1. The van der Waals surface area contributed by atoms with E-state index in [4.69, 9.17) is 0 Å². The number of rotatable bonds is 12. The van der Waals surface area contributed by atoms with E-state index in [1.54, 1.807) is 13.0 Å². The summed E-state index contributed by atoms with van der Waals surface area (Å²) in [6.07, 6.45) is 11.0. The predicted molar refractivity (Wildman–Crippen MR) is 154 cm³/mol. The summed E-state index contributed by atoms with van der Waals surface area (Å²) in [5, 5.41) is 20.7. The highest BCUT2D eigenvalue weighted by Gasteiger charge is 2.24. The van der Waals surface area contributed by atoms with Gasteiger partial charge in [-0.3, -0.25) is 4.79 Å². The molecule has 0 atom stereocenters. The van der Waals surface area contributed by atoms with Crippen LogP contribution in [0.1, 0.15) is 33.1 Å². The number of aryl methyl sites for hydroxylation is 2. The van der Waals surface area contributed by atoms with Crippen LogP contribution >= 0.6 is 0 Å². The van der Waals surface area contributed by atoms with Gasteiger partial charge < -0.3 is 21.1 Å². The summed E-state index contributed by atoms with van der Waals surface area (Å²) >= 11 is 0. The van der Waals surface area contributed by atoms with E-state index in [0.29, 0.717) is 11.4 Å². The fourth-order valence-electron chi connectivity index (χ4n) is 4.11. The molecule has 1 aromatic heterocycles. The Morgan fingerprint density at radius 2 is 1.58 bits per heavy atom. The van der Waals surface area contributed by atoms with Crippen LogP contribution in [0.4, 0.5) is 22.7 Å². The van der Waals surface area contributed by atoms with Crippen LogP contribution in [0, 0.1) is 0 Å². The number of hydrogen-bond donors (Lipinski definition) is 4. The van der Waals surface area contributed by atoms with Crippen LogP contribution < -0.4 is 20.5 Å². The molecule has 2 aromatic carbocycles. The number of anilines is 3. The zero-order valence-electron chi connectivity index (χ0n) is 22.4. The Balaban J connectivity index is 1.37. The molecule has 0 radical (unpaired) electrons. The normalized spacial score (nSPS) is 14.6. The molecule has 1 heterocycles. The summed E-state index contributed by atoms with van der Waals surface area (Å²) in [5.74, 6) is -0.351. The van der Waals surface area contributed by atoms with Gasteiger partial charge in [0.1, 0.15) is 23.9 Å². The van der Waals surface area contributed by atoms with Gasteiger partial charge in [-0.2, -0.15) is 0 Å². The first-order valence-corrected chi connectivity index (χ1v) is 13.1. The van der Waals surface area contributed by atoms with E-state index in [9.17, 15) is 9.90 Å². The van der Waals surface area contributed by atoms with Gasteiger partial charge in [-0.1, -0.05) is 13.3 Å². The van der Waals surface area contributed by atoms with Crippen molar-refractivity contribution in [1.29, 1.82) is 0 Å². The van der Waals surface area contributed by atoms with E-state index in [1.165, 1.54) is 0 Å². The van der Waals surface area contributed by atoms with Gasteiger partial charge in [0.15, 0.2) is 0 Å². The Morgan fingerprint density at radius 1 is 0.947 bits per heavy atom. The predicted octanol–water partition coefficient (Wildman–Crippen LogP) is 5.51. The van der Waals surface area contributed by atoms with Crippen molar-refractivity contribution in [3.8, 4) is 0 Å². The maximum absolute atomic E-state index is 12.8. The van der Waals surface area contributed by atoms with Crippen LogP contribution in [0.3, 0.4) is 0 Å². The molecule has 4 N–H and O–H groups in total. The fraction of sp³-hybridized carbons (Fsp3) is 0.300. The van der Waals surface area contributed by atoms with Gasteiger partial charge in [-0.05, 0) is 68.0 Å². The number of aliphatic hydroxyl groups is 1. The Hall–Kier alpha value is -4.33. The first kappa shape index (κ1) is 26.7. The number of Topliss-reactive ketones (excluding diaryl/α,β-unsaturated/α-hetero) is 1. The number of aliphatic hydroxyl groups excluding tert-OH is 1. The molecular formula is C30H37N6O2+. The van der Waals surface area contributed by atoms with E-state index < -0.39 is 0 Å². The second-order valence-electron chi connectivity index (χ2n) is 9.48. The minimum absolute atomic E-state index is 0.0648. The minimum Gasteiger partial charge on any atom is -0.505 e. The smallest absolute Gasteiger partial charge is 0.243 e. The topological polar surface area (TPSA) is 94.6 Å². The van der Waals surface area contributed by atoms with Crippen molar-refractivity contribution in [2.45, 2.75) is 39.7 Å². The molecular weight excluding hydrogens is 476 g/mol.